The van der Waals surface area contributed by atoms with Crippen LogP contribution in [0.2, 0.25) is 0 Å². The number of anilines is 1. The number of aliphatic carboxylic acids is 1. The number of carbonyl (C=O) groups is 3. The van der Waals surface area contributed by atoms with E-state index in [0.29, 0.717) is 28.3 Å². The molecule has 0 aromatic heterocycles. The highest BCUT2D eigenvalue weighted by molar-refractivity contribution is 6.51. The zero-order valence-corrected chi connectivity index (χ0v) is 20.4. The van der Waals surface area contributed by atoms with Crippen LogP contribution in [-0.2, 0) is 20.8 Å². The number of Topliss-reactive ketones (excluding diaryl/α,β-unsaturated/α-hetero) is 1. The van der Waals surface area contributed by atoms with Crippen LogP contribution in [0.3, 0.4) is 0 Å². The molecule has 9 nitrogen and oxygen atoms in total. The van der Waals surface area contributed by atoms with Crippen LogP contribution < -0.4 is 19.1 Å². The molecule has 1 unspecified atom stereocenters. The predicted molar refractivity (Wildman–Crippen MR) is 135 cm³/mol. The monoisotopic (exact) mass is 503 g/mol. The Morgan fingerprint density at radius 2 is 1.46 bits per heavy atom. The molecule has 190 valence electrons. The van der Waals surface area contributed by atoms with Crippen LogP contribution in [0.5, 0.6) is 17.2 Å². The number of carbonyl (C=O) groups excluding carboxylic acids is 2. The van der Waals surface area contributed by atoms with Crippen LogP contribution in [0.1, 0.15) is 22.7 Å². The summed E-state index contributed by atoms with van der Waals surface area (Å²) in [5.74, 6) is -1.83. The maximum atomic E-state index is 13.4. The van der Waals surface area contributed by atoms with E-state index in [-0.39, 0.29) is 23.3 Å². The minimum absolute atomic E-state index is 0.128. The van der Waals surface area contributed by atoms with Crippen molar-refractivity contribution in [2.45, 2.75) is 12.5 Å². The number of ether oxygens (including phenoxy) is 3. The van der Waals surface area contributed by atoms with E-state index in [4.69, 9.17) is 19.3 Å². The average molecular weight is 504 g/mol. The van der Waals surface area contributed by atoms with Gasteiger partial charge in [0.1, 0.15) is 23.0 Å². The van der Waals surface area contributed by atoms with Gasteiger partial charge in [-0.1, -0.05) is 24.3 Å². The molecule has 3 aromatic rings. The molecule has 4 rings (SSSR count). The number of rotatable bonds is 8. The van der Waals surface area contributed by atoms with Crippen LogP contribution in [0.15, 0.2) is 72.3 Å². The van der Waals surface area contributed by atoms with E-state index in [9.17, 15) is 19.5 Å². The van der Waals surface area contributed by atoms with E-state index in [1.165, 1.54) is 32.3 Å². The Kier molecular flexibility index (Phi) is 7.15. The summed E-state index contributed by atoms with van der Waals surface area (Å²) in [6, 6.07) is 16.9. The summed E-state index contributed by atoms with van der Waals surface area (Å²) in [5, 5.41) is 20.5. The third-order valence-corrected chi connectivity index (χ3v) is 6.11. The minimum Gasteiger partial charge on any atom is -0.507 e. The molecule has 0 aliphatic carbocycles. The lowest BCUT2D eigenvalue weighted by Crippen LogP contribution is -2.29. The van der Waals surface area contributed by atoms with Gasteiger partial charge in [0.2, 0.25) is 0 Å². The third kappa shape index (κ3) is 4.84. The van der Waals surface area contributed by atoms with Crippen molar-refractivity contribution < 1.29 is 38.8 Å². The molecule has 9 heteroatoms. The Morgan fingerprint density at radius 1 is 0.838 bits per heavy atom. The summed E-state index contributed by atoms with van der Waals surface area (Å²) in [5.41, 5.74) is 1.52. The van der Waals surface area contributed by atoms with Gasteiger partial charge in [-0.25, -0.2) is 0 Å². The number of carboxylic acids is 1. The number of aliphatic hydroxyl groups excluding tert-OH is 1. The lowest BCUT2D eigenvalue weighted by atomic mass is 9.94. The van der Waals surface area contributed by atoms with Crippen molar-refractivity contribution in [2.24, 2.45) is 0 Å². The van der Waals surface area contributed by atoms with E-state index < -0.39 is 29.5 Å². The van der Waals surface area contributed by atoms with Gasteiger partial charge in [0.25, 0.3) is 11.7 Å². The van der Waals surface area contributed by atoms with Crippen molar-refractivity contribution in [3.8, 4) is 17.2 Å². The standard InChI is InChI=1S/C28H25NO8/c1-35-19-10-6-17(7-11-19)25-24(26(32)21-15-20(36-2)12-13-22(21)37-3)27(33)28(34)29(25)18-8-4-16(5-9-18)14-23(30)31/h4-13,15,25,32H,14H2,1-3H3,(H,30,31)/b26-24+. The normalized spacial score (nSPS) is 16.5. The highest BCUT2D eigenvalue weighted by atomic mass is 16.5. The Morgan fingerprint density at radius 3 is 2.03 bits per heavy atom. The number of nitrogens with zero attached hydrogens (tertiary/aromatic N) is 1. The number of amides is 1. The van der Waals surface area contributed by atoms with Crippen LogP contribution >= 0.6 is 0 Å². The number of methoxy groups -OCH3 is 3. The van der Waals surface area contributed by atoms with Gasteiger partial charge in [0.05, 0.1) is 44.9 Å². The van der Waals surface area contributed by atoms with Gasteiger partial charge in [-0.2, -0.15) is 0 Å². The third-order valence-electron chi connectivity index (χ3n) is 6.11. The highest BCUT2D eigenvalue weighted by Gasteiger charge is 2.47. The summed E-state index contributed by atoms with van der Waals surface area (Å²) >= 11 is 0. The molecule has 1 atom stereocenters. The quantitative estimate of drug-likeness (QED) is 0.269. The molecule has 1 saturated heterocycles. The lowest BCUT2D eigenvalue weighted by molar-refractivity contribution is -0.136. The molecule has 1 aliphatic rings. The van der Waals surface area contributed by atoms with E-state index in [2.05, 4.69) is 0 Å². The fraction of sp³-hybridized carbons (Fsp3) is 0.179. The van der Waals surface area contributed by atoms with Gasteiger partial charge in [-0.15, -0.1) is 0 Å². The van der Waals surface area contributed by atoms with Gasteiger partial charge < -0.3 is 24.4 Å². The Hall–Kier alpha value is -4.79. The molecule has 0 bridgehead atoms. The van der Waals surface area contributed by atoms with Gasteiger partial charge in [0.15, 0.2) is 0 Å². The SMILES string of the molecule is COc1ccc(C2/C(=C(\O)c3cc(OC)ccc3OC)C(=O)C(=O)N2c2ccc(CC(=O)O)cc2)cc1. The number of hydrogen-bond donors (Lipinski definition) is 2. The average Bonchev–Trinajstić information content (AvgIpc) is 3.18. The molecule has 0 spiro atoms. The van der Waals surface area contributed by atoms with Crippen molar-refractivity contribution >= 4 is 29.1 Å². The van der Waals surface area contributed by atoms with Gasteiger partial charge in [0, 0.05) is 5.69 Å². The fourth-order valence-electron chi connectivity index (χ4n) is 4.29. The summed E-state index contributed by atoms with van der Waals surface area (Å²) in [6.45, 7) is 0. The van der Waals surface area contributed by atoms with Crippen molar-refractivity contribution in [3.63, 3.8) is 0 Å². The van der Waals surface area contributed by atoms with Crippen LogP contribution in [-0.4, -0.2) is 49.2 Å². The van der Waals surface area contributed by atoms with Crippen LogP contribution in [0.25, 0.3) is 5.76 Å². The van der Waals surface area contributed by atoms with Crippen molar-refractivity contribution in [3.05, 3.63) is 89.0 Å². The Balaban J connectivity index is 1.92. The second-order valence-electron chi connectivity index (χ2n) is 8.25. The van der Waals surface area contributed by atoms with E-state index in [1.54, 1.807) is 60.7 Å². The first-order valence-electron chi connectivity index (χ1n) is 11.3. The molecule has 1 amide bonds. The number of ketones is 1. The molecule has 0 saturated carbocycles. The van der Waals surface area contributed by atoms with Crippen molar-refractivity contribution in [1.29, 1.82) is 0 Å². The van der Waals surface area contributed by atoms with Crippen molar-refractivity contribution in [1.82, 2.24) is 0 Å². The molecular formula is C28H25NO8. The molecule has 0 radical (unpaired) electrons. The molecule has 1 aliphatic heterocycles. The van der Waals surface area contributed by atoms with E-state index in [1.807, 2.05) is 0 Å². The molecule has 1 fully saturated rings. The number of carboxylic acid groups (broad SMARTS) is 1. The zero-order chi connectivity index (χ0) is 26.7. The fourth-order valence-corrected chi connectivity index (χ4v) is 4.29. The smallest absolute Gasteiger partial charge is 0.307 e. The first-order chi connectivity index (χ1) is 17.8. The summed E-state index contributed by atoms with van der Waals surface area (Å²) in [4.78, 5) is 39.1. The van der Waals surface area contributed by atoms with Crippen LogP contribution in [0.4, 0.5) is 5.69 Å². The second kappa shape index (κ2) is 10.4. The number of aliphatic hydroxyl groups is 1. The molecule has 2 N–H and O–H groups in total. The summed E-state index contributed by atoms with van der Waals surface area (Å²) in [7, 11) is 4.42. The lowest BCUT2D eigenvalue weighted by Gasteiger charge is -2.26. The molecular weight excluding hydrogens is 478 g/mol. The van der Waals surface area contributed by atoms with Gasteiger partial charge >= 0.3 is 5.97 Å². The van der Waals surface area contributed by atoms with Gasteiger partial charge in [-0.05, 0) is 53.6 Å². The maximum absolute atomic E-state index is 13.4. The van der Waals surface area contributed by atoms with Crippen LogP contribution in [0, 0.1) is 0 Å². The zero-order valence-electron chi connectivity index (χ0n) is 20.4. The predicted octanol–water partition coefficient (Wildman–Crippen LogP) is 3.97. The first kappa shape index (κ1) is 25.3. The Labute approximate surface area is 213 Å². The minimum atomic E-state index is -0.987. The number of hydrogen-bond acceptors (Lipinski definition) is 7. The summed E-state index contributed by atoms with van der Waals surface area (Å²) < 4.78 is 15.9. The maximum Gasteiger partial charge on any atom is 0.307 e. The molecule has 1 heterocycles. The molecule has 37 heavy (non-hydrogen) atoms. The highest BCUT2D eigenvalue weighted by Crippen LogP contribution is 2.44. The Bertz CT molecular complexity index is 1380. The van der Waals surface area contributed by atoms with E-state index >= 15 is 0 Å². The first-order valence-corrected chi connectivity index (χ1v) is 11.3. The molecule has 3 aromatic carbocycles. The second-order valence-corrected chi connectivity index (χ2v) is 8.25. The topological polar surface area (TPSA) is 123 Å². The summed E-state index contributed by atoms with van der Waals surface area (Å²) in [6.07, 6.45) is -0.184. The van der Waals surface area contributed by atoms with E-state index in [0.717, 1.165) is 0 Å². The van der Waals surface area contributed by atoms with Crippen molar-refractivity contribution in [2.75, 3.05) is 26.2 Å². The van der Waals surface area contributed by atoms with Gasteiger partial charge in [-0.3, -0.25) is 19.3 Å². The largest absolute Gasteiger partial charge is 0.507 e. The number of benzene rings is 3.